The standard InChI is InChI=1S/C25H22F3N3O2/c1-16-14-22(31(17(2)32)19-8-4-3-5-9-19)20-10-6-7-11-21(20)30(16)24(33)18-12-13-23(29-15-18)25(26,27)28/h3-13,15-16,22H,14H2,1-2H3/t16-,22+/m1/s1. The molecule has 33 heavy (non-hydrogen) atoms. The number of carbonyl (C=O) groups excluding carboxylic acids is 2. The minimum Gasteiger partial charge on any atom is -0.305 e. The van der Waals surface area contributed by atoms with Crippen molar-refractivity contribution in [2.45, 2.75) is 38.5 Å². The lowest BCUT2D eigenvalue weighted by molar-refractivity contribution is -0.141. The van der Waals surface area contributed by atoms with E-state index in [1.54, 1.807) is 21.9 Å². The van der Waals surface area contributed by atoms with Crippen LogP contribution in [-0.2, 0) is 11.0 Å². The highest BCUT2D eigenvalue weighted by molar-refractivity contribution is 6.07. The summed E-state index contributed by atoms with van der Waals surface area (Å²) in [6, 6.07) is 17.9. The van der Waals surface area contributed by atoms with Crippen molar-refractivity contribution in [1.82, 2.24) is 4.98 Å². The van der Waals surface area contributed by atoms with Gasteiger partial charge in [-0.25, -0.2) is 0 Å². The predicted octanol–water partition coefficient (Wildman–Crippen LogP) is 5.63. The Balaban J connectivity index is 1.73. The summed E-state index contributed by atoms with van der Waals surface area (Å²) in [5.74, 6) is -0.566. The van der Waals surface area contributed by atoms with Gasteiger partial charge < -0.3 is 9.80 Å². The van der Waals surface area contributed by atoms with Crippen LogP contribution in [0.25, 0.3) is 0 Å². The lowest BCUT2D eigenvalue weighted by Crippen LogP contribution is -2.47. The Morgan fingerprint density at radius 1 is 1.00 bits per heavy atom. The monoisotopic (exact) mass is 453 g/mol. The van der Waals surface area contributed by atoms with Crippen LogP contribution in [0.3, 0.4) is 0 Å². The predicted molar refractivity (Wildman–Crippen MR) is 119 cm³/mol. The van der Waals surface area contributed by atoms with E-state index in [1.807, 2.05) is 49.4 Å². The Kier molecular flexibility index (Phi) is 5.93. The van der Waals surface area contributed by atoms with E-state index in [0.29, 0.717) is 12.1 Å². The number of aromatic nitrogens is 1. The fraction of sp³-hybridized carbons (Fsp3) is 0.240. The zero-order chi connectivity index (χ0) is 23.8. The number of nitrogens with zero attached hydrogens (tertiary/aromatic N) is 3. The third-order valence-corrected chi connectivity index (χ3v) is 5.77. The van der Waals surface area contributed by atoms with Gasteiger partial charge in [0.1, 0.15) is 5.69 Å². The number of anilines is 2. The molecule has 2 heterocycles. The third kappa shape index (κ3) is 4.33. The molecule has 1 aliphatic heterocycles. The van der Waals surface area contributed by atoms with Gasteiger partial charge in [-0.2, -0.15) is 13.2 Å². The summed E-state index contributed by atoms with van der Waals surface area (Å²) in [5.41, 5.74) is 1.18. The SMILES string of the molecule is CC(=O)N(c1ccccc1)[C@H]1C[C@@H](C)N(C(=O)c2ccc(C(F)(F)F)nc2)c2ccccc21. The number of rotatable bonds is 3. The van der Waals surface area contributed by atoms with E-state index in [-0.39, 0.29) is 23.6 Å². The second-order valence-electron chi connectivity index (χ2n) is 7.99. The van der Waals surface area contributed by atoms with Crippen molar-refractivity contribution in [2.75, 3.05) is 9.80 Å². The minimum atomic E-state index is -4.58. The van der Waals surface area contributed by atoms with Gasteiger partial charge in [-0.15, -0.1) is 0 Å². The van der Waals surface area contributed by atoms with E-state index < -0.39 is 17.8 Å². The summed E-state index contributed by atoms with van der Waals surface area (Å²) in [6.45, 7) is 3.37. The highest BCUT2D eigenvalue weighted by Gasteiger charge is 2.38. The van der Waals surface area contributed by atoms with E-state index in [2.05, 4.69) is 4.98 Å². The lowest BCUT2D eigenvalue weighted by atomic mass is 9.89. The van der Waals surface area contributed by atoms with Crippen molar-refractivity contribution in [1.29, 1.82) is 0 Å². The van der Waals surface area contributed by atoms with Crippen LogP contribution in [0.2, 0.25) is 0 Å². The van der Waals surface area contributed by atoms with Gasteiger partial charge in [0.2, 0.25) is 5.91 Å². The number of pyridine rings is 1. The smallest absolute Gasteiger partial charge is 0.305 e. The molecular formula is C25H22F3N3O2. The van der Waals surface area contributed by atoms with Crippen LogP contribution in [0, 0.1) is 0 Å². The van der Waals surface area contributed by atoms with Crippen LogP contribution < -0.4 is 9.80 Å². The number of benzene rings is 2. The molecular weight excluding hydrogens is 431 g/mol. The molecule has 2 atom stereocenters. The number of halogens is 3. The molecule has 2 amide bonds. The zero-order valence-corrected chi connectivity index (χ0v) is 18.1. The van der Waals surface area contributed by atoms with Crippen molar-refractivity contribution in [3.05, 3.63) is 89.7 Å². The molecule has 0 bridgehead atoms. The van der Waals surface area contributed by atoms with Gasteiger partial charge in [-0.3, -0.25) is 14.6 Å². The lowest BCUT2D eigenvalue weighted by Gasteiger charge is -2.43. The van der Waals surface area contributed by atoms with Crippen LogP contribution in [0.15, 0.2) is 72.9 Å². The van der Waals surface area contributed by atoms with Crippen LogP contribution in [0.1, 0.15) is 47.9 Å². The number of carbonyl (C=O) groups is 2. The highest BCUT2D eigenvalue weighted by atomic mass is 19.4. The average molecular weight is 453 g/mol. The van der Waals surface area contributed by atoms with Crippen LogP contribution in [0.4, 0.5) is 24.5 Å². The molecule has 5 nitrogen and oxygen atoms in total. The molecule has 0 N–H and O–H groups in total. The molecule has 170 valence electrons. The quantitative estimate of drug-likeness (QED) is 0.516. The number of hydrogen-bond donors (Lipinski definition) is 0. The Morgan fingerprint density at radius 3 is 2.27 bits per heavy atom. The van der Waals surface area contributed by atoms with Gasteiger partial charge in [-0.1, -0.05) is 36.4 Å². The molecule has 0 radical (unpaired) electrons. The molecule has 0 unspecified atom stereocenters. The maximum Gasteiger partial charge on any atom is 0.433 e. The summed E-state index contributed by atoms with van der Waals surface area (Å²) in [6.07, 6.45) is -3.16. The molecule has 0 saturated carbocycles. The molecule has 4 rings (SSSR count). The van der Waals surface area contributed by atoms with Crippen LogP contribution >= 0.6 is 0 Å². The van der Waals surface area contributed by atoms with Crippen molar-refractivity contribution in [3.8, 4) is 0 Å². The number of amides is 2. The second-order valence-corrected chi connectivity index (χ2v) is 7.99. The summed E-state index contributed by atoms with van der Waals surface area (Å²) in [5, 5.41) is 0. The molecule has 0 aliphatic carbocycles. The van der Waals surface area contributed by atoms with E-state index in [4.69, 9.17) is 0 Å². The van der Waals surface area contributed by atoms with E-state index in [9.17, 15) is 22.8 Å². The summed E-state index contributed by atoms with van der Waals surface area (Å²) in [4.78, 5) is 32.7. The third-order valence-electron chi connectivity index (χ3n) is 5.77. The fourth-order valence-electron chi connectivity index (χ4n) is 4.33. The molecule has 2 aromatic carbocycles. The molecule has 3 aromatic rings. The van der Waals surface area contributed by atoms with Crippen molar-refractivity contribution < 1.29 is 22.8 Å². The first kappa shape index (κ1) is 22.5. The summed E-state index contributed by atoms with van der Waals surface area (Å²) < 4.78 is 38.6. The first-order valence-corrected chi connectivity index (χ1v) is 10.5. The Bertz CT molecular complexity index is 1160. The Morgan fingerprint density at radius 2 is 1.67 bits per heavy atom. The van der Waals surface area contributed by atoms with E-state index in [1.165, 1.54) is 6.92 Å². The summed E-state index contributed by atoms with van der Waals surface area (Å²) in [7, 11) is 0. The molecule has 8 heteroatoms. The number of alkyl halides is 3. The molecule has 0 saturated heterocycles. The molecule has 1 aromatic heterocycles. The first-order valence-electron chi connectivity index (χ1n) is 10.5. The van der Waals surface area contributed by atoms with Gasteiger partial charge in [0.25, 0.3) is 5.91 Å². The van der Waals surface area contributed by atoms with Crippen LogP contribution in [-0.4, -0.2) is 22.8 Å². The number of fused-ring (bicyclic) bond motifs is 1. The second kappa shape index (κ2) is 8.69. The van der Waals surface area contributed by atoms with Gasteiger partial charge in [-0.05, 0) is 49.2 Å². The Labute approximate surface area is 189 Å². The largest absolute Gasteiger partial charge is 0.433 e. The average Bonchev–Trinajstić information content (AvgIpc) is 2.79. The number of para-hydroxylation sites is 2. The minimum absolute atomic E-state index is 0.0644. The van der Waals surface area contributed by atoms with Gasteiger partial charge in [0, 0.05) is 30.5 Å². The Hall–Kier alpha value is -3.68. The topological polar surface area (TPSA) is 53.5 Å². The molecule has 0 fully saturated rings. The van der Waals surface area contributed by atoms with Crippen LogP contribution in [0.5, 0.6) is 0 Å². The van der Waals surface area contributed by atoms with Gasteiger partial charge >= 0.3 is 6.18 Å². The van der Waals surface area contributed by atoms with Crippen molar-refractivity contribution >= 4 is 23.2 Å². The van der Waals surface area contributed by atoms with Crippen molar-refractivity contribution in [3.63, 3.8) is 0 Å². The van der Waals surface area contributed by atoms with Gasteiger partial charge in [0.05, 0.1) is 11.6 Å². The van der Waals surface area contributed by atoms with E-state index in [0.717, 1.165) is 29.6 Å². The molecule has 0 spiro atoms. The maximum absolute atomic E-state index is 13.3. The number of hydrogen-bond acceptors (Lipinski definition) is 3. The first-order chi connectivity index (χ1) is 15.7. The fourth-order valence-corrected chi connectivity index (χ4v) is 4.33. The van der Waals surface area contributed by atoms with E-state index >= 15 is 0 Å². The maximum atomic E-state index is 13.3. The van der Waals surface area contributed by atoms with Gasteiger partial charge in [0.15, 0.2) is 0 Å². The normalized spacial score (nSPS) is 17.9. The zero-order valence-electron chi connectivity index (χ0n) is 18.1. The summed E-state index contributed by atoms with van der Waals surface area (Å²) >= 11 is 0. The molecule has 1 aliphatic rings. The van der Waals surface area contributed by atoms with Crippen molar-refractivity contribution in [2.24, 2.45) is 0 Å². The highest BCUT2D eigenvalue weighted by Crippen LogP contribution is 2.42.